The summed E-state index contributed by atoms with van der Waals surface area (Å²) in [6, 6.07) is 1.38. The molecular weight excluding hydrogens is 184 g/mol. The van der Waals surface area contributed by atoms with Gasteiger partial charge >= 0.3 is 0 Å². The fraction of sp³-hybridized carbons (Fsp3) is 0.846. The highest BCUT2D eigenvalue weighted by atomic mass is 15.1. The zero-order valence-corrected chi connectivity index (χ0v) is 10.7. The average molecular weight is 210 g/mol. The zero-order valence-electron chi connectivity index (χ0n) is 10.7. The van der Waals surface area contributed by atoms with Crippen molar-refractivity contribution in [3.63, 3.8) is 0 Å². The molecule has 0 bridgehead atoms. The largest absolute Gasteiger partial charge is 0.314 e. The third-order valence-corrected chi connectivity index (χ3v) is 3.25. The van der Waals surface area contributed by atoms with Crippen LogP contribution in [0.4, 0.5) is 0 Å². The van der Waals surface area contributed by atoms with Crippen molar-refractivity contribution >= 4 is 0 Å². The highest BCUT2D eigenvalue weighted by Gasteiger charge is 2.33. The minimum Gasteiger partial charge on any atom is -0.314 e. The van der Waals surface area contributed by atoms with Crippen LogP contribution in [0.25, 0.3) is 0 Å². The highest BCUT2D eigenvalue weighted by Crippen LogP contribution is 2.31. The van der Waals surface area contributed by atoms with E-state index < -0.39 is 0 Å². The fourth-order valence-electron chi connectivity index (χ4n) is 2.30. The van der Waals surface area contributed by atoms with E-state index in [1.54, 1.807) is 0 Å². The van der Waals surface area contributed by atoms with Crippen LogP contribution in [0, 0.1) is 5.92 Å². The van der Waals surface area contributed by atoms with Crippen molar-refractivity contribution in [2.24, 2.45) is 5.92 Å². The molecule has 1 N–H and O–H groups in total. The van der Waals surface area contributed by atoms with Crippen molar-refractivity contribution < 1.29 is 0 Å². The van der Waals surface area contributed by atoms with Crippen molar-refractivity contribution in [2.45, 2.75) is 45.7 Å². The Morgan fingerprint density at radius 3 is 2.53 bits per heavy atom. The van der Waals surface area contributed by atoms with Gasteiger partial charge in [-0.3, -0.25) is 4.90 Å². The molecule has 2 heteroatoms. The SMILES string of the molecule is C=C(C)CN(C)C1CCC1CNC(C)C. The number of nitrogens with zero attached hydrogens (tertiary/aromatic N) is 1. The maximum absolute atomic E-state index is 3.98. The molecule has 0 saturated heterocycles. The van der Waals surface area contributed by atoms with Crippen LogP contribution in [0.15, 0.2) is 12.2 Å². The van der Waals surface area contributed by atoms with E-state index in [2.05, 4.69) is 44.6 Å². The topological polar surface area (TPSA) is 15.3 Å². The van der Waals surface area contributed by atoms with Crippen LogP contribution in [-0.4, -0.2) is 37.1 Å². The third-order valence-electron chi connectivity index (χ3n) is 3.25. The standard InChI is InChI=1S/C13H26N2/c1-10(2)9-15(5)13-7-6-12(13)8-14-11(3)4/h11-14H,1,6-9H2,2-5H3. The maximum atomic E-state index is 3.98. The smallest absolute Gasteiger partial charge is 0.0187 e. The Morgan fingerprint density at radius 1 is 1.47 bits per heavy atom. The van der Waals surface area contributed by atoms with E-state index in [1.807, 2.05) is 0 Å². The molecule has 2 atom stereocenters. The molecular formula is C13H26N2. The molecule has 0 heterocycles. The highest BCUT2D eigenvalue weighted by molar-refractivity contribution is 4.96. The Balaban J connectivity index is 2.27. The molecule has 15 heavy (non-hydrogen) atoms. The molecule has 2 unspecified atom stereocenters. The normalized spacial score (nSPS) is 25.7. The summed E-state index contributed by atoms with van der Waals surface area (Å²) in [6.45, 7) is 12.7. The van der Waals surface area contributed by atoms with Crippen LogP contribution >= 0.6 is 0 Å². The van der Waals surface area contributed by atoms with Gasteiger partial charge in [-0.05, 0) is 39.3 Å². The van der Waals surface area contributed by atoms with Crippen LogP contribution in [0.1, 0.15) is 33.6 Å². The van der Waals surface area contributed by atoms with E-state index in [0.717, 1.165) is 18.5 Å². The first kappa shape index (κ1) is 12.7. The molecule has 0 amide bonds. The van der Waals surface area contributed by atoms with Crippen molar-refractivity contribution in [3.8, 4) is 0 Å². The van der Waals surface area contributed by atoms with E-state index in [4.69, 9.17) is 0 Å². The van der Waals surface area contributed by atoms with Gasteiger partial charge in [0.1, 0.15) is 0 Å². The first-order valence-electron chi connectivity index (χ1n) is 6.08. The molecule has 88 valence electrons. The van der Waals surface area contributed by atoms with Gasteiger partial charge in [-0.2, -0.15) is 0 Å². The van der Waals surface area contributed by atoms with Crippen LogP contribution < -0.4 is 5.32 Å². The Kier molecular flexibility index (Phi) is 4.81. The average Bonchev–Trinajstić information content (AvgIpc) is 1.99. The quantitative estimate of drug-likeness (QED) is 0.677. The van der Waals surface area contributed by atoms with Crippen molar-refractivity contribution in [1.82, 2.24) is 10.2 Å². The first-order valence-corrected chi connectivity index (χ1v) is 6.08. The lowest BCUT2D eigenvalue weighted by Crippen LogP contribution is -2.50. The fourth-order valence-corrected chi connectivity index (χ4v) is 2.30. The molecule has 1 fully saturated rings. The number of rotatable bonds is 6. The van der Waals surface area contributed by atoms with E-state index in [9.17, 15) is 0 Å². The summed E-state index contributed by atoms with van der Waals surface area (Å²) in [5.74, 6) is 0.844. The molecule has 1 aliphatic carbocycles. The minimum absolute atomic E-state index is 0.609. The minimum atomic E-state index is 0.609. The second kappa shape index (κ2) is 5.66. The van der Waals surface area contributed by atoms with E-state index >= 15 is 0 Å². The zero-order chi connectivity index (χ0) is 11.4. The van der Waals surface area contributed by atoms with E-state index in [-0.39, 0.29) is 0 Å². The lowest BCUT2D eigenvalue weighted by atomic mass is 9.78. The lowest BCUT2D eigenvalue weighted by Gasteiger charge is -2.43. The second-order valence-electron chi connectivity index (χ2n) is 5.34. The van der Waals surface area contributed by atoms with Gasteiger partial charge in [0.05, 0.1) is 0 Å². The van der Waals surface area contributed by atoms with Gasteiger partial charge in [-0.15, -0.1) is 0 Å². The summed E-state index contributed by atoms with van der Waals surface area (Å²) in [5.41, 5.74) is 1.26. The summed E-state index contributed by atoms with van der Waals surface area (Å²) >= 11 is 0. The van der Waals surface area contributed by atoms with Gasteiger partial charge in [0, 0.05) is 18.6 Å². The van der Waals surface area contributed by atoms with Crippen molar-refractivity contribution in [3.05, 3.63) is 12.2 Å². The molecule has 1 rings (SSSR count). The summed E-state index contributed by atoms with van der Waals surface area (Å²) < 4.78 is 0. The van der Waals surface area contributed by atoms with Gasteiger partial charge < -0.3 is 5.32 Å². The Hall–Kier alpha value is -0.340. The van der Waals surface area contributed by atoms with Crippen LogP contribution in [0.3, 0.4) is 0 Å². The van der Waals surface area contributed by atoms with Gasteiger partial charge in [-0.25, -0.2) is 0 Å². The summed E-state index contributed by atoms with van der Waals surface area (Å²) in [6.07, 6.45) is 2.74. The Bertz CT molecular complexity index is 211. The van der Waals surface area contributed by atoms with Crippen LogP contribution in [0.2, 0.25) is 0 Å². The molecule has 2 nitrogen and oxygen atoms in total. The van der Waals surface area contributed by atoms with Crippen LogP contribution in [-0.2, 0) is 0 Å². The van der Waals surface area contributed by atoms with Crippen molar-refractivity contribution in [2.75, 3.05) is 20.1 Å². The molecule has 0 spiro atoms. The maximum Gasteiger partial charge on any atom is 0.0187 e. The summed E-state index contributed by atoms with van der Waals surface area (Å²) in [5, 5.41) is 3.54. The molecule has 1 aliphatic rings. The summed E-state index contributed by atoms with van der Waals surface area (Å²) in [4.78, 5) is 2.46. The second-order valence-corrected chi connectivity index (χ2v) is 5.34. The van der Waals surface area contributed by atoms with Gasteiger partial charge in [0.25, 0.3) is 0 Å². The number of nitrogens with one attached hydrogen (secondary N) is 1. The molecule has 0 aromatic rings. The Labute approximate surface area is 94.7 Å². The monoisotopic (exact) mass is 210 g/mol. The van der Waals surface area contributed by atoms with Gasteiger partial charge in [0.15, 0.2) is 0 Å². The van der Waals surface area contributed by atoms with Crippen molar-refractivity contribution in [1.29, 1.82) is 0 Å². The van der Waals surface area contributed by atoms with E-state index in [1.165, 1.54) is 25.0 Å². The lowest BCUT2D eigenvalue weighted by molar-refractivity contribution is 0.0901. The molecule has 0 radical (unpaired) electrons. The number of hydrogen-bond donors (Lipinski definition) is 1. The number of hydrogen-bond acceptors (Lipinski definition) is 2. The predicted octanol–water partition coefficient (Wildman–Crippen LogP) is 2.27. The Morgan fingerprint density at radius 2 is 2.13 bits per heavy atom. The van der Waals surface area contributed by atoms with E-state index in [0.29, 0.717) is 6.04 Å². The molecule has 0 aliphatic heterocycles. The van der Waals surface area contributed by atoms with Gasteiger partial charge in [-0.1, -0.05) is 26.0 Å². The molecule has 1 saturated carbocycles. The summed E-state index contributed by atoms with van der Waals surface area (Å²) in [7, 11) is 2.22. The van der Waals surface area contributed by atoms with Crippen LogP contribution in [0.5, 0.6) is 0 Å². The first-order chi connectivity index (χ1) is 7.00. The molecule has 0 aromatic carbocycles. The number of likely N-dealkylation sites (N-methyl/N-ethyl adjacent to an activating group) is 1. The third kappa shape index (κ3) is 3.96. The van der Waals surface area contributed by atoms with Gasteiger partial charge in [0.2, 0.25) is 0 Å². The predicted molar refractivity (Wildman–Crippen MR) is 67.1 cm³/mol. The molecule has 0 aromatic heterocycles.